The zero-order chi connectivity index (χ0) is 8.53. The van der Waals surface area contributed by atoms with E-state index in [1.165, 1.54) is 25.7 Å². The van der Waals surface area contributed by atoms with E-state index in [0.29, 0.717) is 0 Å². The maximum atomic E-state index is 8.33. The molecule has 0 heterocycles. The topological polar surface area (TPSA) is 32.6 Å². The fraction of sp³-hybridized carbons (Fsp3) is 0.889. The molecule has 0 fully saturated rings. The van der Waals surface area contributed by atoms with Crippen LogP contribution < -0.4 is 0 Å². The molecule has 0 bridgehead atoms. The van der Waals surface area contributed by atoms with Crippen molar-refractivity contribution in [2.75, 3.05) is 0 Å². The minimum atomic E-state index is 0.849. The van der Waals surface area contributed by atoms with Gasteiger partial charge in [0.05, 0.1) is 5.71 Å². The Balaban J connectivity index is 3.02. The van der Waals surface area contributed by atoms with Crippen LogP contribution in [0.1, 0.15) is 52.4 Å². The van der Waals surface area contributed by atoms with Crippen molar-refractivity contribution in [3.05, 3.63) is 0 Å². The largest absolute Gasteiger partial charge is 0.411 e. The maximum Gasteiger partial charge on any atom is 0.0540 e. The van der Waals surface area contributed by atoms with Crippen molar-refractivity contribution in [1.82, 2.24) is 0 Å². The average Bonchev–Trinajstić information content (AvgIpc) is 2.04. The van der Waals surface area contributed by atoms with Gasteiger partial charge in [0.15, 0.2) is 0 Å². The second kappa shape index (κ2) is 7.58. The normalized spacial score (nSPS) is 12.0. The van der Waals surface area contributed by atoms with Crippen LogP contribution in [0.25, 0.3) is 0 Å². The van der Waals surface area contributed by atoms with E-state index < -0.39 is 0 Å². The molecule has 0 aliphatic carbocycles. The number of hydrogen-bond acceptors (Lipinski definition) is 2. The average molecular weight is 157 g/mol. The molecule has 0 radical (unpaired) electrons. The van der Waals surface area contributed by atoms with E-state index in [1.807, 2.05) is 6.92 Å². The first-order valence-corrected chi connectivity index (χ1v) is 4.48. The second-order valence-corrected chi connectivity index (χ2v) is 3.00. The summed E-state index contributed by atoms with van der Waals surface area (Å²) in [6.07, 6.45) is 7.30. The zero-order valence-corrected chi connectivity index (χ0v) is 7.64. The maximum absolute atomic E-state index is 8.33. The molecule has 0 aromatic heterocycles. The quantitative estimate of drug-likeness (QED) is 0.273. The monoisotopic (exact) mass is 157 g/mol. The van der Waals surface area contributed by atoms with E-state index in [0.717, 1.165) is 18.6 Å². The van der Waals surface area contributed by atoms with Gasteiger partial charge in [-0.15, -0.1) is 0 Å². The summed E-state index contributed by atoms with van der Waals surface area (Å²) in [7, 11) is 0. The highest BCUT2D eigenvalue weighted by Gasteiger charge is 1.92. The fourth-order valence-corrected chi connectivity index (χ4v) is 1.03. The first-order valence-electron chi connectivity index (χ1n) is 4.48. The van der Waals surface area contributed by atoms with Crippen molar-refractivity contribution in [2.24, 2.45) is 5.16 Å². The number of oxime groups is 1. The van der Waals surface area contributed by atoms with E-state index in [1.54, 1.807) is 0 Å². The van der Waals surface area contributed by atoms with E-state index in [2.05, 4.69) is 12.1 Å². The van der Waals surface area contributed by atoms with E-state index in [4.69, 9.17) is 5.21 Å². The van der Waals surface area contributed by atoms with Crippen LogP contribution in [-0.4, -0.2) is 10.9 Å². The zero-order valence-electron chi connectivity index (χ0n) is 7.64. The van der Waals surface area contributed by atoms with Crippen molar-refractivity contribution in [3.63, 3.8) is 0 Å². The third-order valence-corrected chi connectivity index (χ3v) is 1.81. The van der Waals surface area contributed by atoms with Crippen LogP contribution in [0.15, 0.2) is 5.16 Å². The van der Waals surface area contributed by atoms with Crippen molar-refractivity contribution in [2.45, 2.75) is 52.4 Å². The molecule has 2 nitrogen and oxygen atoms in total. The molecular formula is C9H19NO. The van der Waals surface area contributed by atoms with Gasteiger partial charge in [-0.05, 0) is 19.8 Å². The van der Waals surface area contributed by atoms with Gasteiger partial charge in [0, 0.05) is 0 Å². The van der Waals surface area contributed by atoms with Gasteiger partial charge in [0.1, 0.15) is 0 Å². The summed E-state index contributed by atoms with van der Waals surface area (Å²) in [5.74, 6) is 0. The first kappa shape index (κ1) is 10.5. The molecule has 1 N–H and O–H groups in total. The number of rotatable bonds is 6. The predicted molar refractivity (Wildman–Crippen MR) is 48.3 cm³/mol. The first-order chi connectivity index (χ1) is 5.31. The van der Waals surface area contributed by atoms with Crippen LogP contribution >= 0.6 is 0 Å². The highest BCUT2D eigenvalue weighted by atomic mass is 16.4. The molecule has 0 unspecified atom stereocenters. The van der Waals surface area contributed by atoms with Crippen LogP contribution in [0.5, 0.6) is 0 Å². The summed E-state index contributed by atoms with van der Waals surface area (Å²) in [6, 6.07) is 0. The summed E-state index contributed by atoms with van der Waals surface area (Å²) >= 11 is 0. The summed E-state index contributed by atoms with van der Waals surface area (Å²) < 4.78 is 0. The lowest BCUT2D eigenvalue weighted by atomic mass is 10.1. The summed E-state index contributed by atoms with van der Waals surface area (Å²) in [5, 5.41) is 11.4. The Labute approximate surface area is 69.3 Å². The third-order valence-electron chi connectivity index (χ3n) is 1.81. The lowest BCUT2D eigenvalue weighted by Gasteiger charge is -1.98. The molecule has 0 amide bonds. The highest BCUT2D eigenvalue weighted by Crippen LogP contribution is 2.05. The molecular weight excluding hydrogens is 138 g/mol. The molecule has 0 rings (SSSR count). The molecule has 0 aliphatic rings. The molecule has 0 spiro atoms. The molecule has 0 atom stereocenters. The van der Waals surface area contributed by atoms with Crippen molar-refractivity contribution >= 4 is 5.71 Å². The summed E-state index contributed by atoms with van der Waals surface area (Å²) in [4.78, 5) is 0. The minimum absolute atomic E-state index is 0.849. The Bertz CT molecular complexity index is 110. The Morgan fingerprint density at radius 3 is 2.36 bits per heavy atom. The van der Waals surface area contributed by atoms with Crippen molar-refractivity contribution < 1.29 is 5.21 Å². The predicted octanol–water partition coefficient (Wildman–Crippen LogP) is 3.20. The van der Waals surface area contributed by atoms with Gasteiger partial charge in [-0.3, -0.25) is 0 Å². The fourth-order valence-electron chi connectivity index (χ4n) is 1.03. The Hall–Kier alpha value is -0.530. The highest BCUT2D eigenvalue weighted by molar-refractivity contribution is 5.81. The number of nitrogens with zero attached hydrogens (tertiary/aromatic N) is 1. The summed E-state index contributed by atoms with van der Waals surface area (Å²) in [5.41, 5.74) is 0.849. The van der Waals surface area contributed by atoms with Gasteiger partial charge in [-0.1, -0.05) is 37.8 Å². The Kier molecular flexibility index (Phi) is 7.21. The van der Waals surface area contributed by atoms with Crippen molar-refractivity contribution in [1.29, 1.82) is 0 Å². The molecule has 0 aromatic rings. The SMILES string of the molecule is CCCCCCCC(C)=NO. The van der Waals surface area contributed by atoms with Gasteiger partial charge in [0.2, 0.25) is 0 Å². The smallest absolute Gasteiger partial charge is 0.0540 e. The lowest BCUT2D eigenvalue weighted by molar-refractivity contribution is 0.317. The molecule has 66 valence electrons. The summed E-state index contributed by atoms with van der Waals surface area (Å²) in [6.45, 7) is 4.07. The van der Waals surface area contributed by atoms with Crippen LogP contribution in [0.3, 0.4) is 0 Å². The van der Waals surface area contributed by atoms with Gasteiger partial charge < -0.3 is 5.21 Å². The number of hydrogen-bond donors (Lipinski definition) is 1. The van der Waals surface area contributed by atoms with E-state index in [-0.39, 0.29) is 0 Å². The van der Waals surface area contributed by atoms with Crippen LogP contribution in [0.2, 0.25) is 0 Å². The standard InChI is InChI=1S/C9H19NO/c1-3-4-5-6-7-8-9(2)10-11/h11H,3-8H2,1-2H3. The Morgan fingerprint density at radius 2 is 1.82 bits per heavy atom. The lowest BCUT2D eigenvalue weighted by Crippen LogP contribution is -1.90. The van der Waals surface area contributed by atoms with Crippen LogP contribution in [0, 0.1) is 0 Å². The third kappa shape index (κ3) is 7.37. The van der Waals surface area contributed by atoms with Gasteiger partial charge in [-0.25, -0.2) is 0 Å². The molecule has 0 saturated heterocycles. The van der Waals surface area contributed by atoms with Crippen molar-refractivity contribution in [3.8, 4) is 0 Å². The molecule has 0 aliphatic heterocycles. The molecule has 0 saturated carbocycles. The van der Waals surface area contributed by atoms with E-state index in [9.17, 15) is 0 Å². The number of unbranched alkanes of at least 4 members (excludes halogenated alkanes) is 4. The van der Waals surface area contributed by atoms with Crippen LogP contribution in [0.4, 0.5) is 0 Å². The van der Waals surface area contributed by atoms with E-state index >= 15 is 0 Å². The minimum Gasteiger partial charge on any atom is -0.411 e. The van der Waals surface area contributed by atoms with Gasteiger partial charge in [0.25, 0.3) is 0 Å². The van der Waals surface area contributed by atoms with Crippen LogP contribution in [-0.2, 0) is 0 Å². The molecule has 11 heavy (non-hydrogen) atoms. The Morgan fingerprint density at radius 1 is 1.18 bits per heavy atom. The molecule has 0 aromatic carbocycles. The molecule has 2 heteroatoms. The second-order valence-electron chi connectivity index (χ2n) is 3.00. The van der Waals surface area contributed by atoms with Gasteiger partial charge >= 0.3 is 0 Å². The van der Waals surface area contributed by atoms with Gasteiger partial charge in [-0.2, -0.15) is 0 Å².